The molecule has 4 N–H and O–H groups in total. The van der Waals surface area contributed by atoms with Crippen LogP contribution in [0.4, 0.5) is 4.79 Å². The molecular weight excluding hydrogens is 546 g/mol. The summed E-state index contributed by atoms with van der Waals surface area (Å²) in [4.78, 5) is 39.1. The first-order chi connectivity index (χ1) is 20.2. The number of nitrogens with one attached hydrogen (secondary N) is 3. The maximum absolute atomic E-state index is 13.2. The van der Waals surface area contributed by atoms with Crippen molar-refractivity contribution in [2.75, 3.05) is 19.7 Å². The Hall–Kier alpha value is -2.65. The Balaban J connectivity index is 3.11. The molecule has 43 heavy (non-hydrogen) atoms. The van der Waals surface area contributed by atoms with Crippen LogP contribution in [-0.4, -0.2) is 60.5 Å². The summed E-state index contributed by atoms with van der Waals surface area (Å²) in [6.45, 7) is 19.4. The van der Waals surface area contributed by atoms with E-state index in [4.69, 9.17) is 9.47 Å². The molecule has 0 bridgehead atoms. The van der Waals surface area contributed by atoms with Crippen molar-refractivity contribution in [3.8, 4) is 0 Å². The molecule has 0 heterocycles. The highest BCUT2D eigenvalue weighted by molar-refractivity contribution is 5.95. The Morgan fingerprint density at radius 1 is 0.930 bits per heavy atom. The molecular formula is C34H59N3O6. The number of aliphatic hydroxyl groups is 1. The van der Waals surface area contributed by atoms with Crippen LogP contribution in [0.2, 0.25) is 0 Å². The minimum atomic E-state index is -0.995. The maximum atomic E-state index is 13.2. The molecule has 0 saturated heterocycles. The quantitative estimate of drug-likeness (QED) is 0.147. The van der Waals surface area contributed by atoms with Gasteiger partial charge in [-0.15, -0.1) is 0 Å². The molecule has 3 amide bonds. The standard InChI is InChI=1S/C34H59N3O6/c1-10-12-17-35-32(40)28(24(5)6)20-30(38)29(37-33(41)43-34(7,8)9)19-26(23(3)4)21-36-31(39)27-16-14-13-15-25(27)22-42-18-11-2/h13-16,23-24,26,28-30,38H,10-12,17-22H2,1-9H3,(H,35,40)(H,36,39)(H,37,41)/t26-,28+,29+,30+/m1/s1. The third kappa shape index (κ3) is 15.1. The fraction of sp³-hybridized carbons (Fsp3) is 0.735. The number of aliphatic hydroxyl groups excluding tert-OH is 1. The van der Waals surface area contributed by atoms with Gasteiger partial charge in [0.15, 0.2) is 0 Å². The van der Waals surface area contributed by atoms with Crippen LogP contribution in [0.3, 0.4) is 0 Å². The molecule has 9 nitrogen and oxygen atoms in total. The van der Waals surface area contributed by atoms with Gasteiger partial charge in [-0.2, -0.15) is 0 Å². The zero-order valence-corrected chi connectivity index (χ0v) is 28.1. The van der Waals surface area contributed by atoms with Gasteiger partial charge < -0.3 is 30.5 Å². The molecule has 0 radical (unpaired) electrons. The lowest BCUT2D eigenvalue weighted by atomic mass is 9.82. The van der Waals surface area contributed by atoms with Gasteiger partial charge in [0.05, 0.1) is 18.8 Å². The van der Waals surface area contributed by atoms with Crippen LogP contribution in [0.15, 0.2) is 24.3 Å². The van der Waals surface area contributed by atoms with Gasteiger partial charge in [-0.3, -0.25) is 9.59 Å². The van der Waals surface area contributed by atoms with E-state index in [0.29, 0.717) is 38.3 Å². The van der Waals surface area contributed by atoms with Gasteiger partial charge in [-0.25, -0.2) is 4.79 Å². The van der Waals surface area contributed by atoms with Gasteiger partial charge >= 0.3 is 6.09 Å². The predicted molar refractivity (Wildman–Crippen MR) is 172 cm³/mol. The second kappa shape index (κ2) is 19.6. The van der Waals surface area contributed by atoms with E-state index in [0.717, 1.165) is 24.8 Å². The normalized spacial score (nSPS) is 14.6. The Kier molecular flexibility index (Phi) is 17.5. The van der Waals surface area contributed by atoms with Crippen molar-refractivity contribution >= 4 is 17.9 Å². The van der Waals surface area contributed by atoms with Crippen LogP contribution in [-0.2, 0) is 20.9 Å². The van der Waals surface area contributed by atoms with E-state index in [1.807, 2.05) is 39.0 Å². The second-order valence-corrected chi connectivity index (χ2v) is 13.2. The number of carbonyl (C=O) groups is 3. The van der Waals surface area contributed by atoms with Crippen LogP contribution in [0.25, 0.3) is 0 Å². The van der Waals surface area contributed by atoms with Crippen molar-refractivity contribution in [1.82, 2.24) is 16.0 Å². The molecule has 0 saturated carbocycles. The number of ether oxygens (including phenoxy) is 2. The van der Waals surface area contributed by atoms with E-state index in [1.54, 1.807) is 26.8 Å². The summed E-state index contributed by atoms with van der Waals surface area (Å²) < 4.78 is 11.2. The topological polar surface area (TPSA) is 126 Å². The number of alkyl carbamates (subject to hydrolysis) is 1. The first kappa shape index (κ1) is 38.4. The van der Waals surface area contributed by atoms with Crippen LogP contribution < -0.4 is 16.0 Å². The minimum absolute atomic E-state index is 0.0000103. The summed E-state index contributed by atoms with van der Waals surface area (Å²) >= 11 is 0. The molecule has 0 unspecified atom stereocenters. The monoisotopic (exact) mass is 605 g/mol. The average Bonchev–Trinajstić information content (AvgIpc) is 2.92. The van der Waals surface area contributed by atoms with Crippen LogP contribution in [0.5, 0.6) is 0 Å². The first-order valence-corrected chi connectivity index (χ1v) is 16.1. The number of unbranched alkanes of at least 4 members (excludes halogenated alkanes) is 1. The predicted octanol–water partition coefficient (Wildman–Crippen LogP) is 5.84. The van der Waals surface area contributed by atoms with Gasteiger partial charge in [0.1, 0.15) is 5.60 Å². The van der Waals surface area contributed by atoms with Gasteiger partial charge in [-0.1, -0.05) is 66.2 Å². The van der Waals surface area contributed by atoms with E-state index >= 15 is 0 Å². The van der Waals surface area contributed by atoms with Crippen molar-refractivity contribution in [3.05, 3.63) is 35.4 Å². The van der Waals surface area contributed by atoms with Crippen molar-refractivity contribution in [2.45, 2.75) is 119 Å². The lowest BCUT2D eigenvalue weighted by Crippen LogP contribution is -2.49. The summed E-state index contributed by atoms with van der Waals surface area (Å²) in [5.74, 6) is -0.636. The molecule has 0 spiro atoms. The molecule has 1 aromatic rings. The highest BCUT2D eigenvalue weighted by Crippen LogP contribution is 2.25. The summed E-state index contributed by atoms with van der Waals surface area (Å²) in [6.07, 6.45) is 1.72. The lowest BCUT2D eigenvalue weighted by molar-refractivity contribution is -0.127. The molecule has 0 aliphatic heterocycles. The number of rotatable bonds is 19. The number of amides is 3. The smallest absolute Gasteiger partial charge is 0.407 e. The van der Waals surface area contributed by atoms with Crippen molar-refractivity contribution in [1.29, 1.82) is 0 Å². The Labute approximate surface area is 260 Å². The molecule has 0 fully saturated rings. The molecule has 4 atom stereocenters. The van der Waals surface area contributed by atoms with Crippen LogP contribution in [0.1, 0.15) is 110 Å². The fourth-order valence-corrected chi connectivity index (χ4v) is 4.83. The van der Waals surface area contributed by atoms with Gasteiger partial charge in [0.25, 0.3) is 5.91 Å². The van der Waals surface area contributed by atoms with Crippen molar-refractivity contribution in [3.63, 3.8) is 0 Å². The molecule has 0 aliphatic rings. The lowest BCUT2D eigenvalue weighted by Gasteiger charge is -2.33. The highest BCUT2D eigenvalue weighted by atomic mass is 16.6. The summed E-state index contributed by atoms with van der Waals surface area (Å²) in [6, 6.07) is 6.72. The van der Waals surface area contributed by atoms with Crippen molar-refractivity contribution < 1.29 is 29.0 Å². The summed E-state index contributed by atoms with van der Waals surface area (Å²) in [5.41, 5.74) is 0.684. The van der Waals surface area contributed by atoms with Gasteiger partial charge in [-0.05, 0) is 75.8 Å². The molecule has 9 heteroatoms. The van der Waals surface area contributed by atoms with E-state index in [-0.39, 0.29) is 36.0 Å². The maximum Gasteiger partial charge on any atom is 0.407 e. The largest absolute Gasteiger partial charge is 0.444 e. The first-order valence-electron chi connectivity index (χ1n) is 16.1. The molecule has 1 aromatic carbocycles. The molecule has 246 valence electrons. The van der Waals surface area contributed by atoms with E-state index in [1.165, 1.54) is 0 Å². The van der Waals surface area contributed by atoms with Gasteiger partial charge in [0.2, 0.25) is 5.91 Å². The summed E-state index contributed by atoms with van der Waals surface area (Å²) in [7, 11) is 0. The second-order valence-electron chi connectivity index (χ2n) is 13.2. The van der Waals surface area contributed by atoms with E-state index in [9.17, 15) is 19.5 Å². The minimum Gasteiger partial charge on any atom is -0.444 e. The zero-order chi connectivity index (χ0) is 32.6. The molecule has 0 aromatic heterocycles. The third-order valence-corrected chi connectivity index (χ3v) is 7.53. The van der Waals surface area contributed by atoms with Crippen LogP contribution >= 0.6 is 0 Å². The zero-order valence-electron chi connectivity index (χ0n) is 28.1. The number of benzene rings is 1. The Morgan fingerprint density at radius 3 is 2.19 bits per heavy atom. The number of hydrogen-bond donors (Lipinski definition) is 4. The SMILES string of the molecule is CCCCNC(=O)[C@@H](C[C@H](O)[C@H](C[C@H](CNC(=O)c1ccccc1COCCC)C(C)C)NC(=O)OC(C)(C)C)C(C)C. The summed E-state index contributed by atoms with van der Waals surface area (Å²) in [5, 5.41) is 20.4. The van der Waals surface area contributed by atoms with E-state index in [2.05, 4.69) is 36.7 Å². The van der Waals surface area contributed by atoms with Crippen molar-refractivity contribution in [2.24, 2.45) is 23.7 Å². The average molecular weight is 606 g/mol. The van der Waals surface area contributed by atoms with E-state index < -0.39 is 29.8 Å². The highest BCUT2D eigenvalue weighted by Gasteiger charge is 2.33. The Bertz CT molecular complexity index is 975. The number of hydrogen-bond acceptors (Lipinski definition) is 6. The number of carbonyl (C=O) groups excluding carboxylic acids is 3. The van der Waals surface area contributed by atoms with Crippen LogP contribution in [0, 0.1) is 23.7 Å². The molecule has 0 aliphatic carbocycles. The molecule has 1 rings (SSSR count). The Morgan fingerprint density at radius 2 is 1.60 bits per heavy atom. The van der Waals surface area contributed by atoms with Gasteiger partial charge in [0, 0.05) is 31.2 Å². The third-order valence-electron chi connectivity index (χ3n) is 7.53. The fourth-order valence-electron chi connectivity index (χ4n) is 4.83.